The molecule has 0 unspecified atom stereocenters. The second kappa shape index (κ2) is 5.67. The summed E-state index contributed by atoms with van der Waals surface area (Å²) >= 11 is 0. The van der Waals surface area contributed by atoms with Gasteiger partial charge in [0.05, 0.1) is 19.3 Å². The molecule has 0 spiro atoms. The topological polar surface area (TPSA) is 119 Å². The van der Waals surface area contributed by atoms with Gasteiger partial charge in [0.15, 0.2) is 21.4 Å². The third-order valence-corrected chi connectivity index (χ3v) is 6.52. The Bertz CT molecular complexity index is 864. The maximum absolute atomic E-state index is 12.3. The summed E-state index contributed by atoms with van der Waals surface area (Å²) in [4.78, 5) is 21.3. The zero-order chi connectivity index (χ0) is 18.6. The van der Waals surface area contributed by atoms with Crippen LogP contribution in [0.5, 0.6) is 5.75 Å². The van der Waals surface area contributed by atoms with Gasteiger partial charge < -0.3 is 19.5 Å². The summed E-state index contributed by atoms with van der Waals surface area (Å²) in [6.07, 6.45) is 1.07. The zero-order valence-electron chi connectivity index (χ0n) is 14.1. The van der Waals surface area contributed by atoms with E-state index in [1.807, 2.05) is 0 Å². The van der Waals surface area contributed by atoms with E-state index in [2.05, 4.69) is 16.5 Å². The van der Waals surface area contributed by atoms with Gasteiger partial charge in [0.25, 0.3) is 0 Å². The lowest BCUT2D eigenvalue weighted by atomic mass is 10.1. The summed E-state index contributed by atoms with van der Waals surface area (Å²) in [5, 5.41) is 9.36. The molecular formula is C15H19N3O6S. The van der Waals surface area contributed by atoms with Gasteiger partial charge in [-0.05, 0) is 13.8 Å². The Labute approximate surface area is 145 Å². The molecule has 1 aromatic heterocycles. The molecule has 1 atom stereocenters. The highest BCUT2D eigenvalue weighted by molar-refractivity contribution is 7.91. The number of fused-ring (bicyclic) bond motifs is 3. The molecule has 25 heavy (non-hydrogen) atoms. The third-order valence-electron chi connectivity index (χ3n) is 4.47. The normalized spacial score (nSPS) is 20.5. The molecule has 3 heterocycles. The quantitative estimate of drug-likeness (QED) is 0.815. The van der Waals surface area contributed by atoms with Crippen LogP contribution in [-0.4, -0.2) is 61.6 Å². The number of nitrogens with zero attached hydrogens (tertiary/aromatic N) is 3. The molecule has 2 aliphatic heterocycles. The van der Waals surface area contributed by atoms with Crippen molar-refractivity contribution in [2.45, 2.75) is 24.6 Å². The average molecular weight is 369 g/mol. The highest BCUT2D eigenvalue weighted by Crippen LogP contribution is 2.43. The van der Waals surface area contributed by atoms with Crippen LogP contribution in [0.15, 0.2) is 12.3 Å². The Kier molecular flexibility index (Phi) is 3.99. The van der Waals surface area contributed by atoms with E-state index in [1.54, 1.807) is 4.90 Å². The maximum atomic E-state index is 12.3. The van der Waals surface area contributed by atoms with Crippen LogP contribution < -0.4 is 9.64 Å². The van der Waals surface area contributed by atoms with Crippen molar-refractivity contribution in [3.05, 3.63) is 23.8 Å². The SMILES string of the molecule is C=C1COC[C@H]2COc3c(nc(C(=O)O)nc3C(C)(C)S(C)(=O)=O)N12. The molecule has 3 rings (SSSR count). The molecule has 1 N–H and O–H groups in total. The van der Waals surface area contributed by atoms with Gasteiger partial charge in [0.1, 0.15) is 17.0 Å². The fraction of sp³-hybridized carbons (Fsp3) is 0.533. The number of hydrogen-bond donors (Lipinski definition) is 1. The number of hydrogen-bond acceptors (Lipinski definition) is 8. The van der Waals surface area contributed by atoms with Crippen molar-refractivity contribution in [2.24, 2.45) is 0 Å². The van der Waals surface area contributed by atoms with Crippen LogP contribution in [0.3, 0.4) is 0 Å². The number of aromatic carboxylic acids is 1. The van der Waals surface area contributed by atoms with Crippen molar-refractivity contribution in [3.63, 3.8) is 0 Å². The van der Waals surface area contributed by atoms with E-state index in [4.69, 9.17) is 9.47 Å². The van der Waals surface area contributed by atoms with Gasteiger partial charge >= 0.3 is 5.97 Å². The fourth-order valence-electron chi connectivity index (χ4n) is 2.75. The highest BCUT2D eigenvalue weighted by Gasteiger charge is 2.43. The Hall–Kier alpha value is -2.20. The van der Waals surface area contributed by atoms with Gasteiger partial charge in [-0.2, -0.15) is 0 Å². The molecule has 0 amide bonds. The van der Waals surface area contributed by atoms with Crippen molar-refractivity contribution in [2.75, 3.05) is 31.0 Å². The van der Waals surface area contributed by atoms with Gasteiger partial charge in [-0.3, -0.25) is 0 Å². The summed E-state index contributed by atoms with van der Waals surface area (Å²) in [5.41, 5.74) is 0.620. The largest absolute Gasteiger partial charge is 0.486 e. The smallest absolute Gasteiger partial charge is 0.374 e. The highest BCUT2D eigenvalue weighted by atomic mass is 32.2. The zero-order valence-corrected chi connectivity index (χ0v) is 15.0. The molecule has 0 aromatic carbocycles. The minimum absolute atomic E-state index is 0.0233. The summed E-state index contributed by atoms with van der Waals surface area (Å²) in [5.74, 6) is -1.47. The predicted molar refractivity (Wildman–Crippen MR) is 88.6 cm³/mol. The van der Waals surface area contributed by atoms with Crippen LogP contribution in [0.2, 0.25) is 0 Å². The van der Waals surface area contributed by atoms with Crippen LogP contribution in [0.1, 0.15) is 30.2 Å². The van der Waals surface area contributed by atoms with Crippen molar-refractivity contribution < 1.29 is 27.8 Å². The molecule has 1 saturated heterocycles. The molecule has 9 nitrogen and oxygen atoms in total. The lowest BCUT2D eigenvalue weighted by Crippen LogP contribution is -2.50. The second-order valence-corrected chi connectivity index (χ2v) is 9.12. The van der Waals surface area contributed by atoms with E-state index >= 15 is 0 Å². The lowest BCUT2D eigenvalue weighted by Gasteiger charge is -2.42. The van der Waals surface area contributed by atoms with Crippen molar-refractivity contribution >= 4 is 21.6 Å². The van der Waals surface area contributed by atoms with E-state index in [9.17, 15) is 18.3 Å². The second-order valence-electron chi connectivity index (χ2n) is 6.55. The number of anilines is 1. The van der Waals surface area contributed by atoms with Crippen LogP contribution in [0, 0.1) is 0 Å². The third kappa shape index (κ3) is 2.74. The summed E-state index contributed by atoms with van der Waals surface area (Å²) in [6.45, 7) is 7.72. The van der Waals surface area contributed by atoms with Crippen LogP contribution >= 0.6 is 0 Å². The summed E-state index contributed by atoms with van der Waals surface area (Å²) in [7, 11) is -3.60. The standard InChI is InChI=1S/C15H19N3O6S/c1-8-5-23-6-9-7-24-10-11(15(2,3)25(4,21)22)16-12(14(19)20)17-13(10)18(8)9/h9H,1,5-7H2,2-4H3,(H,19,20)/t9-/m0/s1. The Morgan fingerprint density at radius 1 is 1.36 bits per heavy atom. The number of ether oxygens (including phenoxy) is 2. The number of morpholine rings is 1. The van der Waals surface area contributed by atoms with E-state index in [0.29, 0.717) is 12.3 Å². The molecule has 0 radical (unpaired) electrons. The van der Waals surface area contributed by atoms with Crippen LogP contribution in [0.4, 0.5) is 5.82 Å². The molecule has 1 aromatic rings. The van der Waals surface area contributed by atoms with Crippen molar-refractivity contribution in [1.82, 2.24) is 9.97 Å². The average Bonchev–Trinajstić information content (AvgIpc) is 2.52. The van der Waals surface area contributed by atoms with E-state index in [0.717, 1.165) is 6.26 Å². The molecule has 1 fully saturated rings. The molecule has 136 valence electrons. The molecule has 0 aliphatic carbocycles. The number of aromatic nitrogens is 2. The first-order valence-electron chi connectivity index (χ1n) is 7.57. The van der Waals surface area contributed by atoms with Gasteiger partial charge in [0.2, 0.25) is 5.82 Å². The van der Waals surface area contributed by atoms with Gasteiger partial charge in [0, 0.05) is 12.0 Å². The van der Waals surface area contributed by atoms with Gasteiger partial charge in [-0.15, -0.1) is 0 Å². The fourth-order valence-corrected chi connectivity index (χ4v) is 3.24. The Morgan fingerprint density at radius 3 is 2.64 bits per heavy atom. The molecule has 2 aliphatic rings. The minimum Gasteiger partial charge on any atom is -0.486 e. The number of sulfone groups is 1. The lowest BCUT2D eigenvalue weighted by molar-refractivity contribution is 0.0680. The minimum atomic E-state index is -3.60. The Balaban J connectivity index is 2.28. The molecule has 0 saturated carbocycles. The van der Waals surface area contributed by atoms with E-state index in [-0.39, 0.29) is 36.5 Å². The van der Waals surface area contributed by atoms with Gasteiger partial charge in [-0.25, -0.2) is 23.2 Å². The first-order valence-corrected chi connectivity index (χ1v) is 9.46. The predicted octanol–water partition coefficient (Wildman–Crippen LogP) is 0.566. The van der Waals surface area contributed by atoms with Crippen molar-refractivity contribution in [1.29, 1.82) is 0 Å². The number of carboxylic acid groups (broad SMARTS) is 1. The summed E-state index contributed by atoms with van der Waals surface area (Å²) < 4.78 is 34.2. The number of carboxylic acids is 1. The molecule has 0 bridgehead atoms. The van der Waals surface area contributed by atoms with E-state index < -0.39 is 26.4 Å². The van der Waals surface area contributed by atoms with Crippen molar-refractivity contribution in [3.8, 4) is 5.75 Å². The molecule has 10 heteroatoms. The van der Waals surface area contributed by atoms with E-state index in [1.165, 1.54) is 13.8 Å². The number of carbonyl (C=O) groups is 1. The first kappa shape index (κ1) is 17.6. The molecular weight excluding hydrogens is 350 g/mol. The first-order chi connectivity index (χ1) is 11.5. The number of rotatable bonds is 3. The van der Waals surface area contributed by atoms with Crippen LogP contribution in [-0.2, 0) is 19.3 Å². The monoisotopic (exact) mass is 369 g/mol. The van der Waals surface area contributed by atoms with Crippen LogP contribution in [0.25, 0.3) is 0 Å². The Morgan fingerprint density at radius 2 is 2.04 bits per heavy atom. The van der Waals surface area contributed by atoms with Gasteiger partial charge in [-0.1, -0.05) is 6.58 Å². The maximum Gasteiger partial charge on any atom is 0.374 e. The summed E-state index contributed by atoms with van der Waals surface area (Å²) in [6, 6.07) is -0.209.